The summed E-state index contributed by atoms with van der Waals surface area (Å²) in [6, 6.07) is 13.0. The van der Waals surface area contributed by atoms with Gasteiger partial charge in [-0.05, 0) is 64.6 Å². The zero-order valence-electron chi connectivity index (χ0n) is 20.2. The van der Waals surface area contributed by atoms with Crippen molar-refractivity contribution >= 4 is 27.8 Å². The van der Waals surface area contributed by atoms with E-state index in [1.807, 2.05) is 30.3 Å². The number of carbonyl (C=O) groups excluding carboxylic acids is 1. The molecule has 1 saturated heterocycles. The summed E-state index contributed by atoms with van der Waals surface area (Å²) in [6.07, 6.45) is 0.995. The smallest absolute Gasteiger partial charge is 0.317 e. The van der Waals surface area contributed by atoms with Gasteiger partial charge in [-0.25, -0.2) is 18.3 Å². The van der Waals surface area contributed by atoms with E-state index in [0.717, 1.165) is 37.3 Å². The molecule has 3 aromatic rings. The van der Waals surface area contributed by atoms with Gasteiger partial charge in [0.15, 0.2) is 17.5 Å². The first kappa shape index (κ1) is 27.7. The average Bonchev–Trinajstić information content (AvgIpc) is 3.46. The number of ether oxygens (including phenoxy) is 2. The van der Waals surface area contributed by atoms with Crippen LogP contribution in [0.5, 0.6) is 0 Å². The lowest BCUT2D eigenvalue weighted by atomic mass is 9.98. The van der Waals surface area contributed by atoms with Crippen LogP contribution in [0.2, 0.25) is 0 Å². The van der Waals surface area contributed by atoms with Crippen LogP contribution in [0.4, 0.5) is 19.4 Å². The molecule has 1 atom stereocenters. The zero-order chi connectivity index (χ0) is 26.1. The Morgan fingerprint density at radius 1 is 1.17 bits per heavy atom. The Kier molecular flexibility index (Phi) is 10.4. The highest BCUT2D eigenvalue weighted by atomic mass is 79.9. The summed E-state index contributed by atoms with van der Waals surface area (Å²) in [7, 11) is 3.26. The van der Waals surface area contributed by atoms with Gasteiger partial charge in [0, 0.05) is 27.3 Å². The fourth-order valence-corrected chi connectivity index (χ4v) is 4.41. The minimum Gasteiger partial charge on any atom is -0.383 e. The first-order valence-corrected chi connectivity index (χ1v) is 12.2. The molecule has 0 spiro atoms. The second-order valence-corrected chi connectivity index (χ2v) is 9.02. The van der Waals surface area contributed by atoms with E-state index in [-0.39, 0.29) is 0 Å². The van der Waals surface area contributed by atoms with Gasteiger partial charge in [0.1, 0.15) is 5.69 Å². The minimum absolute atomic E-state index is 0.307. The number of nitrogens with two attached hydrogens (primary N) is 1. The lowest BCUT2D eigenvalue weighted by Gasteiger charge is -2.15. The van der Waals surface area contributed by atoms with E-state index in [1.165, 1.54) is 12.1 Å². The molecule has 2 aromatic carbocycles. The summed E-state index contributed by atoms with van der Waals surface area (Å²) in [6.45, 7) is 3.83. The number of hydrogen-bond acceptors (Lipinski definition) is 5. The molecule has 0 aliphatic carbocycles. The topological polar surface area (TPSA) is 94.6 Å². The van der Waals surface area contributed by atoms with Gasteiger partial charge in [-0.1, -0.05) is 24.3 Å². The highest BCUT2D eigenvalue weighted by Gasteiger charge is 2.24. The van der Waals surface area contributed by atoms with Gasteiger partial charge in [0.25, 0.3) is 0 Å². The number of urea groups is 1. The number of hydrogen-bond donors (Lipinski definition) is 2. The zero-order valence-corrected chi connectivity index (χ0v) is 21.8. The van der Waals surface area contributed by atoms with Crippen molar-refractivity contribution in [2.75, 3.05) is 45.8 Å². The standard InChI is InChI=1S/C13H17F2NO.C12H13BrN4O2/c1-17-7-6-16-5-4-11(9-16)10-2-3-12(14)13(15)8-10;1-19-7-9-10(13)11(15-12(14)18)17(16-9)8-5-3-2-4-6-8/h2-3,8,11H,4-7,9H2,1H3;2-6H,7H2,1H3,(H3,14,15,18). The summed E-state index contributed by atoms with van der Waals surface area (Å²) in [5, 5.41) is 6.95. The molecular formula is C25H30BrF2N5O3. The number of amides is 2. The first-order valence-electron chi connectivity index (χ1n) is 11.4. The van der Waals surface area contributed by atoms with Crippen LogP contribution >= 0.6 is 15.9 Å². The first-order chi connectivity index (χ1) is 17.3. The van der Waals surface area contributed by atoms with E-state index >= 15 is 0 Å². The van der Waals surface area contributed by atoms with Crippen LogP contribution in [0.3, 0.4) is 0 Å². The van der Waals surface area contributed by atoms with E-state index in [9.17, 15) is 13.6 Å². The molecule has 0 bridgehead atoms. The predicted molar refractivity (Wildman–Crippen MR) is 137 cm³/mol. The molecule has 36 heavy (non-hydrogen) atoms. The van der Waals surface area contributed by atoms with Crippen LogP contribution in [0.1, 0.15) is 23.6 Å². The van der Waals surface area contributed by atoms with Crippen LogP contribution in [-0.4, -0.2) is 61.2 Å². The van der Waals surface area contributed by atoms with Crippen LogP contribution in [0.15, 0.2) is 53.0 Å². The number of likely N-dealkylation sites (tertiary alicyclic amines) is 1. The third kappa shape index (κ3) is 7.33. The summed E-state index contributed by atoms with van der Waals surface area (Å²) < 4.78 is 38.3. The molecule has 11 heteroatoms. The van der Waals surface area contributed by atoms with Crippen molar-refractivity contribution in [1.29, 1.82) is 0 Å². The lowest BCUT2D eigenvalue weighted by molar-refractivity contribution is 0.160. The van der Waals surface area contributed by atoms with Crippen LogP contribution in [0, 0.1) is 11.6 Å². The largest absolute Gasteiger partial charge is 0.383 e. The molecule has 8 nitrogen and oxygen atoms in total. The van der Waals surface area contributed by atoms with Crippen molar-refractivity contribution in [2.24, 2.45) is 5.73 Å². The van der Waals surface area contributed by atoms with Gasteiger partial charge in [-0.3, -0.25) is 5.32 Å². The average molecular weight is 566 g/mol. The van der Waals surface area contributed by atoms with Gasteiger partial charge >= 0.3 is 6.03 Å². The lowest BCUT2D eigenvalue weighted by Crippen LogP contribution is -2.24. The van der Waals surface area contributed by atoms with Crippen molar-refractivity contribution in [3.8, 4) is 5.69 Å². The summed E-state index contributed by atoms with van der Waals surface area (Å²) in [5.41, 5.74) is 7.56. The molecule has 2 heterocycles. The number of anilines is 1. The number of para-hydroxylation sites is 1. The van der Waals surface area contributed by atoms with Gasteiger partial charge < -0.3 is 20.1 Å². The second-order valence-electron chi connectivity index (χ2n) is 8.23. The van der Waals surface area contributed by atoms with E-state index in [4.69, 9.17) is 15.2 Å². The Bertz CT molecular complexity index is 1150. The molecule has 2 amide bonds. The van der Waals surface area contributed by atoms with E-state index in [2.05, 4.69) is 31.2 Å². The van der Waals surface area contributed by atoms with E-state index < -0.39 is 17.7 Å². The van der Waals surface area contributed by atoms with Gasteiger partial charge in [0.2, 0.25) is 0 Å². The number of primary amides is 1. The number of carbonyl (C=O) groups is 1. The Hall–Kier alpha value is -2.86. The fraction of sp³-hybridized carbons (Fsp3) is 0.360. The van der Waals surface area contributed by atoms with Crippen molar-refractivity contribution in [1.82, 2.24) is 14.7 Å². The highest BCUT2D eigenvalue weighted by molar-refractivity contribution is 9.10. The second kappa shape index (κ2) is 13.4. The van der Waals surface area contributed by atoms with Crippen LogP contribution in [-0.2, 0) is 16.1 Å². The molecule has 194 valence electrons. The molecule has 1 aromatic heterocycles. The Morgan fingerprint density at radius 3 is 2.56 bits per heavy atom. The van der Waals surface area contributed by atoms with Crippen LogP contribution < -0.4 is 11.1 Å². The molecule has 1 aliphatic heterocycles. The number of nitrogens with one attached hydrogen (secondary N) is 1. The third-order valence-corrected chi connectivity index (χ3v) is 6.55. The van der Waals surface area contributed by atoms with Gasteiger partial charge in [-0.15, -0.1) is 0 Å². The van der Waals surface area contributed by atoms with Crippen LogP contribution in [0.25, 0.3) is 5.69 Å². The molecule has 0 radical (unpaired) electrons. The third-order valence-electron chi connectivity index (χ3n) is 5.72. The quantitative estimate of drug-likeness (QED) is 0.414. The van der Waals surface area contributed by atoms with Gasteiger partial charge in [0.05, 0.1) is 23.4 Å². The Balaban J connectivity index is 0.000000202. The number of halogens is 3. The number of methoxy groups -OCH3 is 2. The minimum atomic E-state index is -0.775. The Labute approximate surface area is 217 Å². The van der Waals surface area contributed by atoms with Gasteiger partial charge in [-0.2, -0.15) is 5.10 Å². The van der Waals surface area contributed by atoms with Crippen molar-refractivity contribution in [2.45, 2.75) is 18.9 Å². The number of benzene rings is 2. The maximum absolute atomic E-state index is 13.1. The number of rotatable bonds is 8. The normalized spacial score (nSPS) is 15.4. The van der Waals surface area contributed by atoms with Crippen molar-refractivity contribution in [3.05, 3.63) is 75.9 Å². The molecule has 0 saturated carbocycles. The maximum atomic E-state index is 13.1. The maximum Gasteiger partial charge on any atom is 0.317 e. The fourth-order valence-electron chi connectivity index (χ4n) is 3.95. The molecule has 1 unspecified atom stereocenters. The number of nitrogens with zero attached hydrogens (tertiary/aromatic N) is 3. The molecule has 4 rings (SSSR count). The van der Waals surface area contributed by atoms with Crippen molar-refractivity contribution < 1.29 is 23.0 Å². The molecular weight excluding hydrogens is 536 g/mol. The molecule has 1 fully saturated rings. The van der Waals surface area contributed by atoms with E-state index in [1.54, 1.807) is 25.0 Å². The summed E-state index contributed by atoms with van der Waals surface area (Å²) >= 11 is 3.40. The van der Waals surface area contributed by atoms with Crippen molar-refractivity contribution in [3.63, 3.8) is 0 Å². The summed E-state index contributed by atoms with van der Waals surface area (Å²) in [5.74, 6) is -0.742. The predicted octanol–water partition coefficient (Wildman–Crippen LogP) is 4.67. The molecule has 1 aliphatic rings. The monoisotopic (exact) mass is 565 g/mol. The molecule has 3 N–H and O–H groups in total. The highest BCUT2D eigenvalue weighted by Crippen LogP contribution is 2.30. The summed E-state index contributed by atoms with van der Waals surface area (Å²) in [4.78, 5) is 13.4. The number of aromatic nitrogens is 2. The SMILES string of the molecule is COCCN1CCC(c2ccc(F)c(F)c2)C1.COCc1nn(-c2ccccc2)c(NC(N)=O)c1Br. The van der Waals surface area contributed by atoms with E-state index in [0.29, 0.717) is 35.1 Å². The Morgan fingerprint density at radius 2 is 1.92 bits per heavy atom.